The summed E-state index contributed by atoms with van der Waals surface area (Å²) >= 11 is 1.58. The summed E-state index contributed by atoms with van der Waals surface area (Å²) < 4.78 is 40.8. The van der Waals surface area contributed by atoms with E-state index in [1.165, 1.54) is 49.4 Å². The van der Waals surface area contributed by atoms with Crippen molar-refractivity contribution in [3.05, 3.63) is 121 Å². The molecule has 1 fully saturated rings. The maximum Gasteiger partial charge on any atom is 0.0618 e. The molecule has 1 radical (unpaired) electrons. The summed E-state index contributed by atoms with van der Waals surface area (Å²) in [5, 5.41) is 2.16. The van der Waals surface area contributed by atoms with Gasteiger partial charge < -0.3 is 9.97 Å². The van der Waals surface area contributed by atoms with Crippen LogP contribution in [0.2, 0.25) is 0 Å². The van der Waals surface area contributed by atoms with E-state index in [1.54, 1.807) is 17.4 Å². The van der Waals surface area contributed by atoms with E-state index < -0.39 is 6.85 Å². The molecule has 7 rings (SSSR count). The molecule has 2 aromatic carbocycles. The topological polar surface area (TPSA) is 25.8 Å². The Labute approximate surface area is 256 Å². The fourth-order valence-electron chi connectivity index (χ4n) is 5.27. The van der Waals surface area contributed by atoms with E-state index in [2.05, 4.69) is 59.0 Å². The Morgan fingerprint density at radius 2 is 1.85 bits per heavy atom. The molecule has 0 bridgehead atoms. The first-order valence-corrected chi connectivity index (χ1v) is 14.1. The predicted octanol–water partition coefficient (Wildman–Crippen LogP) is 9.90. The minimum absolute atomic E-state index is 0. The zero-order valence-electron chi connectivity index (χ0n) is 26.5. The van der Waals surface area contributed by atoms with E-state index in [-0.39, 0.29) is 43.4 Å². The minimum Gasteiger partial charge on any atom is -0.320 e. The average molecular weight is 710 g/mol. The number of aromatic nitrogens is 2. The summed E-state index contributed by atoms with van der Waals surface area (Å²) in [7, 11) is 0. The van der Waals surface area contributed by atoms with Gasteiger partial charge in [0.2, 0.25) is 0 Å². The van der Waals surface area contributed by atoms with Gasteiger partial charge in [0.05, 0.1) is 2.74 Å². The standard InChI is InChI=1S/C18H12NS.C17H20N.Ir/c1-12-9-10-16(19-11-12)15-7-4-6-14-13-5-2-3-8-17(13)20-18(14)15;1-3-7-14(8-4-1)16-11-12-17(18-13-16)15-9-5-2-6-10-15;/h2-6,8-11H,1H3;2,5,9-14H,1,3-4,6-8H2;/q2*-1;/i1D3,9D,10D;;. The van der Waals surface area contributed by atoms with Crippen molar-refractivity contribution in [1.82, 2.24) is 9.97 Å². The summed E-state index contributed by atoms with van der Waals surface area (Å²) in [5.74, 6) is 0.754. The third kappa shape index (κ3) is 6.25. The molecule has 0 atom stereocenters. The van der Waals surface area contributed by atoms with Crippen LogP contribution in [0.5, 0.6) is 0 Å². The smallest absolute Gasteiger partial charge is 0.0618 e. The minimum atomic E-state index is -2.45. The van der Waals surface area contributed by atoms with Crippen LogP contribution in [0.25, 0.3) is 37.0 Å². The number of benzene rings is 2. The molecule has 0 unspecified atom stereocenters. The van der Waals surface area contributed by atoms with Crippen molar-refractivity contribution in [1.29, 1.82) is 0 Å². The van der Waals surface area contributed by atoms with Crippen molar-refractivity contribution in [2.75, 3.05) is 0 Å². The SMILES string of the molecule is C1=CC[CH-]C(c2ccc(C3CCCCC3)cn2)=C1.[2H]c1c(C([2H])([2H])[2H])cnc(-c2[c-]ccc3c2sc2ccccc23)c1[2H].[Ir]. The maximum atomic E-state index is 8.25. The number of aryl methyl sites for hydroxylation is 1. The first kappa shape index (κ1) is 21.7. The number of pyridine rings is 2. The third-order valence-electron chi connectivity index (χ3n) is 7.26. The monoisotopic (exact) mass is 710 g/mol. The van der Waals surface area contributed by atoms with Gasteiger partial charge in [0.1, 0.15) is 0 Å². The molecule has 2 aliphatic rings. The van der Waals surface area contributed by atoms with Gasteiger partial charge in [-0.05, 0) is 64.3 Å². The first-order chi connectivity index (χ1) is 20.8. The second kappa shape index (κ2) is 12.9. The third-order valence-corrected chi connectivity index (χ3v) is 8.46. The maximum absolute atomic E-state index is 8.25. The Kier molecular flexibility index (Phi) is 7.18. The summed E-state index contributed by atoms with van der Waals surface area (Å²) in [5.41, 5.74) is 4.52. The van der Waals surface area contributed by atoms with Crippen molar-refractivity contribution in [2.24, 2.45) is 0 Å². The predicted molar refractivity (Wildman–Crippen MR) is 162 cm³/mol. The Balaban J connectivity index is 0.000000179. The molecule has 0 saturated heterocycles. The van der Waals surface area contributed by atoms with E-state index in [0.717, 1.165) is 38.2 Å². The van der Waals surface area contributed by atoms with Gasteiger partial charge in [-0.1, -0.05) is 73.5 Å². The number of hydrogen-bond donors (Lipinski definition) is 0. The Bertz CT molecular complexity index is 1820. The zero-order chi connectivity index (χ0) is 30.0. The molecule has 199 valence electrons. The van der Waals surface area contributed by atoms with E-state index in [1.807, 2.05) is 30.3 Å². The molecule has 2 aliphatic carbocycles. The molecule has 5 aromatic rings. The van der Waals surface area contributed by atoms with Crippen molar-refractivity contribution in [2.45, 2.75) is 51.3 Å². The van der Waals surface area contributed by atoms with Crippen LogP contribution < -0.4 is 0 Å². The van der Waals surface area contributed by atoms with E-state index in [0.29, 0.717) is 5.56 Å². The second-order valence-electron chi connectivity index (χ2n) is 9.77. The van der Waals surface area contributed by atoms with Crippen LogP contribution in [0, 0.1) is 19.3 Å². The quantitative estimate of drug-likeness (QED) is 0.174. The van der Waals surface area contributed by atoms with Crippen molar-refractivity contribution in [3.8, 4) is 11.3 Å². The molecular formula is C35H32IrN2S-2. The summed E-state index contributed by atoms with van der Waals surface area (Å²) in [6.07, 6.45) is 19.8. The van der Waals surface area contributed by atoms with Crippen LogP contribution in [-0.2, 0) is 20.1 Å². The largest absolute Gasteiger partial charge is 0.320 e. The van der Waals surface area contributed by atoms with E-state index in [4.69, 9.17) is 6.85 Å². The van der Waals surface area contributed by atoms with Crippen LogP contribution in [-0.4, -0.2) is 9.97 Å². The van der Waals surface area contributed by atoms with E-state index >= 15 is 0 Å². The normalized spacial score (nSPS) is 17.3. The van der Waals surface area contributed by atoms with Gasteiger partial charge >= 0.3 is 0 Å². The number of nitrogens with zero attached hydrogens (tertiary/aromatic N) is 2. The van der Waals surface area contributed by atoms with Crippen molar-refractivity contribution < 1.29 is 27.0 Å². The summed E-state index contributed by atoms with van der Waals surface area (Å²) in [6, 6.07) is 18.9. The average Bonchev–Trinajstić information content (AvgIpc) is 3.42. The van der Waals surface area contributed by atoms with E-state index in [9.17, 15) is 0 Å². The van der Waals surface area contributed by atoms with Crippen LogP contribution in [0.1, 0.15) is 68.1 Å². The number of rotatable bonds is 3. The van der Waals surface area contributed by atoms with Gasteiger partial charge in [-0.15, -0.1) is 35.9 Å². The molecule has 0 spiro atoms. The van der Waals surface area contributed by atoms with Gasteiger partial charge in [0, 0.05) is 41.3 Å². The first-order valence-electron chi connectivity index (χ1n) is 15.8. The number of allylic oxidation sites excluding steroid dienone is 4. The van der Waals surface area contributed by atoms with Crippen LogP contribution in [0.3, 0.4) is 0 Å². The van der Waals surface area contributed by atoms with Crippen LogP contribution >= 0.6 is 11.3 Å². The summed E-state index contributed by atoms with van der Waals surface area (Å²) in [6.45, 7) is -2.45. The fourth-order valence-corrected chi connectivity index (χ4v) is 6.47. The molecule has 0 aliphatic heterocycles. The molecule has 1 saturated carbocycles. The molecule has 0 N–H and O–H groups in total. The van der Waals surface area contributed by atoms with Gasteiger partial charge in [-0.3, -0.25) is 0 Å². The Morgan fingerprint density at radius 3 is 2.64 bits per heavy atom. The molecular weight excluding hydrogens is 673 g/mol. The number of fused-ring (bicyclic) bond motifs is 3. The molecule has 3 heterocycles. The van der Waals surface area contributed by atoms with Crippen molar-refractivity contribution in [3.63, 3.8) is 0 Å². The number of hydrogen-bond acceptors (Lipinski definition) is 3. The Morgan fingerprint density at radius 1 is 0.974 bits per heavy atom. The molecule has 0 amide bonds. The van der Waals surface area contributed by atoms with Crippen molar-refractivity contribution >= 4 is 37.1 Å². The van der Waals surface area contributed by atoms with Crippen LogP contribution in [0.15, 0.2) is 91.2 Å². The van der Waals surface area contributed by atoms with Gasteiger partial charge in [0.15, 0.2) is 0 Å². The molecule has 4 heteroatoms. The van der Waals surface area contributed by atoms with Crippen LogP contribution in [0.4, 0.5) is 0 Å². The van der Waals surface area contributed by atoms with Gasteiger partial charge in [-0.25, -0.2) is 0 Å². The second-order valence-corrected chi connectivity index (χ2v) is 10.8. The molecule has 3 aromatic heterocycles. The number of thiophene rings is 1. The van der Waals surface area contributed by atoms with Gasteiger partial charge in [-0.2, -0.15) is 29.4 Å². The molecule has 39 heavy (non-hydrogen) atoms. The van der Waals surface area contributed by atoms with Gasteiger partial charge in [0.25, 0.3) is 0 Å². The zero-order valence-corrected chi connectivity index (χ0v) is 24.8. The fraction of sp³-hybridized carbons (Fsp3) is 0.229. The Hall–Kier alpha value is -3.04. The summed E-state index contributed by atoms with van der Waals surface area (Å²) in [4.78, 5) is 8.85. The molecule has 2 nitrogen and oxygen atoms in total.